The summed E-state index contributed by atoms with van der Waals surface area (Å²) in [6, 6.07) is 0.637. The highest BCUT2D eigenvalue weighted by atomic mass is 15.2. The quantitative estimate of drug-likeness (QED) is 0.692. The number of nitrogens with two attached hydrogens (primary N) is 1. The summed E-state index contributed by atoms with van der Waals surface area (Å²) in [5.41, 5.74) is 5.79. The van der Waals surface area contributed by atoms with Gasteiger partial charge in [0.1, 0.15) is 0 Å². The molecular formula is C10H22N2. The van der Waals surface area contributed by atoms with E-state index in [1.54, 1.807) is 0 Å². The first-order valence-electron chi connectivity index (χ1n) is 5.23. The molecule has 2 heteroatoms. The average Bonchev–Trinajstić information content (AvgIpc) is 2.58. The van der Waals surface area contributed by atoms with E-state index in [0.717, 1.165) is 12.5 Å². The minimum Gasteiger partial charge on any atom is -0.329 e. The molecule has 0 saturated carbocycles. The molecule has 0 aromatic rings. The molecule has 1 rings (SSSR count). The van der Waals surface area contributed by atoms with Crippen molar-refractivity contribution in [1.82, 2.24) is 4.90 Å². The van der Waals surface area contributed by atoms with Crippen molar-refractivity contribution in [3.63, 3.8) is 0 Å². The van der Waals surface area contributed by atoms with Crippen LogP contribution in [0.25, 0.3) is 0 Å². The predicted octanol–water partition coefficient (Wildman–Crippen LogP) is 1.46. The van der Waals surface area contributed by atoms with Gasteiger partial charge in [-0.05, 0) is 31.8 Å². The van der Waals surface area contributed by atoms with Gasteiger partial charge in [0.05, 0.1) is 0 Å². The fourth-order valence-corrected chi connectivity index (χ4v) is 2.09. The van der Waals surface area contributed by atoms with Gasteiger partial charge in [-0.3, -0.25) is 4.90 Å². The Morgan fingerprint density at radius 3 is 2.33 bits per heavy atom. The first-order chi connectivity index (χ1) is 5.79. The fraction of sp³-hybridized carbons (Fsp3) is 1.00. The van der Waals surface area contributed by atoms with Gasteiger partial charge < -0.3 is 5.73 Å². The second-order valence-corrected chi connectivity index (χ2v) is 3.93. The number of likely N-dealkylation sites (tertiary alicyclic amines) is 1. The number of hydrogen-bond donors (Lipinski definition) is 1. The lowest BCUT2D eigenvalue weighted by Crippen LogP contribution is -2.43. The molecule has 2 unspecified atom stereocenters. The molecule has 72 valence electrons. The highest BCUT2D eigenvalue weighted by Crippen LogP contribution is 2.18. The molecule has 0 bridgehead atoms. The Labute approximate surface area is 76.1 Å². The van der Waals surface area contributed by atoms with Crippen molar-refractivity contribution in [2.24, 2.45) is 11.7 Å². The van der Waals surface area contributed by atoms with Gasteiger partial charge in [0.25, 0.3) is 0 Å². The molecular weight excluding hydrogens is 148 g/mol. The van der Waals surface area contributed by atoms with E-state index >= 15 is 0 Å². The SMILES string of the molecule is CCC(C)C(CN)N1CCCC1. The second-order valence-electron chi connectivity index (χ2n) is 3.93. The van der Waals surface area contributed by atoms with Crippen molar-refractivity contribution >= 4 is 0 Å². The summed E-state index contributed by atoms with van der Waals surface area (Å²) in [5, 5.41) is 0. The van der Waals surface area contributed by atoms with E-state index < -0.39 is 0 Å². The smallest absolute Gasteiger partial charge is 0.0243 e. The van der Waals surface area contributed by atoms with Crippen LogP contribution in [-0.2, 0) is 0 Å². The maximum atomic E-state index is 5.79. The molecule has 2 nitrogen and oxygen atoms in total. The summed E-state index contributed by atoms with van der Waals surface area (Å²) in [6.45, 7) is 7.94. The topological polar surface area (TPSA) is 29.3 Å². The third-order valence-electron chi connectivity index (χ3n) is 3.15. The minimum absolute atomic E-state index is 0.637. The molecule has 1 aliphatic heterocycles. The minimum atomic E-state index is 0.637. The molecule has 1 fully saturated rings. The molecule has 2 atom stereocenters. The van der Waals surface area contributed by atoms with Gasteiger partial charge in [0.2, 0.25) is 0 Å². The first-order valence-corrected chi connectivity index (χ1v) is 5.23. The van der Waals surface area contributed by atoms with Crippen molar-refractivity contribution in [2.75, 3.05) is 19.6 Å². The molecule has 1 heterocycles. The maximum absolute atomic E-state index is 5.79. The van der Waals surface area contributed by atoms with E-state index in [9.17, 15) is 0 Å². The Hall–Kier alpha value is -0.0800. The van der Waals surface area contributed by atoms with Crippen molar-refractivity contribution in [3.05, 3.63) is 0 Å². The van der Waals surface area contributed by atoms with Crippen LogP contribution in [0.3, 0.4) is 0 Å². The zero-order valence-corrected chi connectivity index (χ0v) is 8.42. The van der Waals surface area contributed by atoms with Crippen LogP contribution in [0, 0.1) is 5.92 Å². The third kappa shape index (κ3) is 2.20. The van der Waals surface area contributed by atoms with Crippen LogP contribution >= 0.6 is 0 Å². The standard InChI is InChI=1S/C10H22N2/c1-3-9(2)10(8-11)12-6-4-5-7-12/h9-10H,3-8,11H2,1-2H3. The Bertz CT molecular complexity index is 119. The molecule has 0 aromatic heterocycles. The largest absolute Gasteiger partial charge is 0.329 e. The summed E-state index contributed by atoms with van der Waals surface area (Å²) < 4.78 is 0. The predicted molar refractivity (Wildman–Crippen MR) is 53.1 cm³/mol. The van der Waals surface area contributed by atoms with Gasteiger partial charge in [-0.25, -0.2) is 0 Å². The lowest BCUT2D eigenvalue weighted by molar-refractivity contribution is 0.185. The van der Waals surface area contributed by atoms with Gasteiger partial charge in [-0.15, -0.1) is 0 Å². The van der Waals surface area contributed by atoms with Crippen molar-refractivity contribution in [3.8, 4) is 0 Å². The highest BCUT2D eigenvalue weighted by Gasteiger charge is 2.24. The molecule has 0 aromatic carbocycles. The number of hydrogen-bond acceptors (Lipinski definition) is 2. The average molecular weight is 170 g/mol. The summed E-state index contributed by atoms with van der Waals surface area (Å²) in [7, 11) is 0. The van der Waals surface area contributed by atoms with Crippen molar-refractivity contribution < 1.29 is 0 Å². The van der Waals surface area contributed by atoms with Crippen LogP contribution < -0.4 is 5.73 Å². The molecule has 0 spiro atoms. The van der Waals surface area contributed by atoms with E-state index in [0.29, 0.717) is 6.04 Å². The highest BCUT2D eigenvalue weighted by molar-refractivity contribution is 4.80. The summed E-state index contributed by atoms with van der Waals surface area (Å²) in [5.74, 6) is 0.757. The molecule has 0 aliphatic carbocycles. The monoisotopic (exact) mass is 170 g/mol. The van der Waals surface area contributed by atoms with Crippen LogP contribution in [-0.4, -0.2) is 30.6 Å². The lowest BCUT2D eigenvalue weighted by Gasteiger charge is -2.30. The van der Waals surface area contributed by atoms with E-state index in [-0.39, 0.29) is 0 Å². The van der Waals surface area contributed by atoms with Gasteiger partial charge in [-0.1, -0.05) is 20.3 Å². The molecule has 0 amide bonds. The maximum Gasteiger partial charge on any atom is 0.0243 e. The van der Waals surface area contributed by atoms with E-state index in [1.807, 2.05) is 0 Å². The van der Waals surface area contributed by atoms with E-state index in [4.69, 9.17) is 5.73 Å². The molecule has 1 saturated heterocycles. The molecule has 1 aliphatic rings. The van der Waals surface area contributed by atoms with Crippen LogP contribution in [0.15, 0.2) is 0 Å². The number of rotatable bonds is 4. The van der Waals surface area contributed by atoms with Gasteiger partial charge in [0.15, 0.2) is 0 Å². The third-order valence-corrected chi connectivity index (χ3v) is 3.15. The lowest BCUT2D eigenvalue weighted by atomic mass is 9.98. The Kier molecular flexibility index (Phi) is 4.02. The van der Waals surface area contributed by atoms with Gasteiger partial charge >= 0.3 is 0 Å². The van der Waals surface area contributed by atoms with Gasteiger partial charge in [0, 0.05) is 12.6 Å². The zero-order valence-electron chi connectivity index (χ0n) is 8.42. The fourth-order valence-electron chi connectivity index (χ4n) is 2.09. The van der Waals surface area contributed by atoms with Crippen LogP contribution in [0.2, 0.25) is 0 Å². The Morgan fingerprint density at radius 1 is 1.33 bits per heavy atom. The van der Waals surface area contributed by atoms with Gasteiger partial charge in [-0.2, -0.15) is 0 Å². The molecule has 2 N–H and O–H groups in total. The van der Waals surface area contributed by atoms with Crippen LogP contribution in [0.4, 0.5) is 0 Å². The zero-order chi connectivity index (χ0) is 8.97. The Balaban J connectivity index is 2.42. The van der Waals surface area contributed by atoms with E-state index in [1.165, 1.54) is 32.4 Å². The van der Waals surface area contributed by atoms with E-state index in [2.05, 4.69) is 18.7 Å². The normalized spacial score (nSPS) is 24.2. The molecule has 0 radical (unpaired) electrons. The second kappa shape index (κ2) is 4.83. The summed E-state index contributed by atoms with van der Waals surface area (Å²) in [6.07, 6.45) is 3.98. The van der Waals surface area contributed by atoms with Crippen molar-refractivity contribution in [1.29, 1.82) is 0 Å². The molecule has 12 heavy (non-hydrogen) atoms. The van der Waals surface area contributed by atoms with Crippen molar-refractivity contribution in [2.45, 2.75) is 39.2 Å². The van der Waals surface area contributed by atoms with Crippen LogP contribution in [0.5, 0.6) is 0 Å². The Morgan fingerprint density at radius 2 is 1.92 bits per heavy atom. The summed E-state index contributed by atoms with van der Waals surface area (Å²) >= 11 is 0. The first kappa shape index (κ1) is 10.0. The summed E-state index contributed by atoms with van der Waals surface area (Å²) in [4.78, 5) is 2.56. The number of nitrogens with zero attached hydrogens (tertiary/aromatic N) is 1. The van der Waals surface area contributed by atoms with Crippen LogP contribution in [0.1, 0.15) is 33.1 Å².